The van der Waals surface area contributed by atoms with E-state index in [-0.39, 0.29) is 6.04 Å². The predicted octanol–water partition coefficient (Wildman–Crippen LogP) is 0.542. The van der Waals surface area contributed by atoms with Crippen molar-refractivity contribution >= 4 is 11.8 Å². The van der Waals surface area contributed by atoms with E-state index in [4.69, 9.17) is 10.5 Å². The molecule has 0 spiro atoms. The van der Waals surface area contributed by atoms with Crippen molar-refractivity contribution < 1.29 is 4.74 Å². The Morgan fingerprint density at radius 2 is 2.46 bits per heavy atom. The summed E-state index contributed by atoms with van der Waals surface area (Å²) in [6.07, 6.45) is 5.05. The molecular weight excluding hydrogens is 186 g/mol. The summed E-state index contributed by atoms with van der Waals surface area (Å²) in [6, 6.07) is 0.0528. The highest BCUT2D eigenvalue weighted by Crippen LogP contribution is 2.13. The van der Waals surface area contributed by atoms with Crippen molar-refractivity contribution in [1.29, 1.82) is 0 Å². The van der Waals surface area contributed by atoms with Crippen molar-refractivity contribution in [3.63, 3.8) is 0 Å². The molecule has 1 aromatic rings. The van der Waals surface area contributed by atoms with Gasteiger partial charge in [-0.2, -0.15) is 0 Å². The third kappa shape index (κ3) is 4.21. The number of ether oxygens (including phenoxy) is 1. The molecule has 1 heterocycles. The van der Waals surface area contributed by atoms with Crippen LogP contribution in [0.5, 0.6) is 0 Å². The first kappa shape index (κ1) is 10.4. The van der Waals surface area contributed by atoms with E-state index in [1.807, 2.05) is 0 Å². The third-order valence-corrected chi connectivity index (χ3v) is 2.47. The topological polar surface area (TPSA) is 61.0 Å². The van der Waals surface area contributed by atoms with Gasteiger partial charge in [0.05, 0.1) is 12.8 Å². The molecule has 0 aliphatic rings. The SMILES string of the molecule is COCC(N)CSc1cnccn1. The van der Waals surface area contributed by atoms with Crippen LogP contribution in [-0.2, 0) is 4.74 Å². The average molecular weight is 199 g/mol. The number of nitrogens with zero attached hydrogens (tertiary/aromatic N) is 2. The first-order valence-electron chi connectivity index (χ1n) is 3.96. The molecule has 1 atom stereocenters. The summed E-state index contributed by atoms with van der Waals surface area (Å²) in [4.78, 5) is 8.07. The van der Waals surface area contributed by atoms with Gasteiger partial charge in [0.2, 0.25) is 0 Å². The summed E-state index contributed by atoms with van der Waals surface area (Å²) in [7, 11) is 1.65. The van der Waals surface area contributed by atoms with Crippen LogP contribution in [0.15, 0.2) is 23.6 Å². The van der Waals surface area contributed by atoms with Gasteiger partial charge < -0.3 is 10.5 Å². The van der Waals surface area contributed by atoms with E-state index in [1.165, 1.54) is 0 Å². The summed E-state index contributed by atoms with van der Waals surface area (Å²) in [5.74, 6) is 0.798. The monoisotopic (exact) mass is 199 g/mol. The summed E-state index contributed by atoms with van der Waals surface area (Å²) in [6.45, 7) is 0.577. The zero-order valence-corrected chi connectivity index (χ0v) is 8.33. The van der Waals surface area contributed by atoms with Crippen molar-refractivity contribution in [3.8, 4) is 0 Å². The third-order valence-electron chi connectivity index (χ3n) is 1.37. The fourth-order valence-electron chi connectivity index (χ4n) is 0.815. The summed E-state index contributed by atoms with van der Waals surface area (Å²) in [5.41, 5.74) is 5.74. The highest BCUT2D eigenvalue weighted by atomic mass is 32.2. The molecule has 1 unspecified atom stereocenters. The van der Waals surface area contributed by atoms with Crippen LogP contribution in [0, 0.1) is 0 Å². The van der Waals surface area contributed by atoms with Crippen LogP contribution in [0.4, 0.5) is 0 Å². The largest absolute Gasteiger partial charge is 0.383 e. The van der Waals surface area contributed by atoms with Gasteiger partial charge in [-0.25, -0.2) is 4.98 Å². The Kier molecular flexibility index (Phi) is 4.74. The van der Waals surface area contributed by atoms with E-state index in [0.29, 0.717) is 6.61 Å². The van der Waals surface area contributed by atoms with Crippen molar-refractivity contribution in [2.75, 3.05) is 19.5 Å². The average Bonchev–Trinajstić information content (AvgIpc) is 2.17. The summed E-state index contributed by atoms with van der Waals surface area (Å²) in [5, 5.41) is 0.897. The molecule has 5 heteroatoms. The van der Waals surface area contributed by atoms with E-state index in [2.05, 4.69) is 9.97 Å². The van der Waals surface area contributed by atoms with Gasteiger partial charge in [0.15, 0.2) is 0 Å². The molecule has 4 nitrogen and oxygen atoms in total. The van der Waals surface area contributed by atoms with E-state index in [1.54, 1.807) is 37.5 Å². The van der Waals surface area contributed by atoms with E-state index < -0.39 is 0 Å². The van der Waals surface area contributed by atoms with Gasteiger partial charge in [-0.3, -0.25) is 4.98 Å². The second-order valence-electron chi connectivity index (χ2n) is 2.57. The lowest BCUT2D eigenvalue weighted by Crippen LogP contribution is -2.28. The Bertz CT molecular complexity index is 232. The summed E-state index contributed by atoms with van der Waals surface area (Å²) < 4.78 is 4.92. The number of methoxy groups -OCH3 is 1. The molecule has 13 heavy (non-hydrogen) atoms. The molecule has 0 saturated heterocycles. The van der Waals surface area contributed by atoms with Crippen LogP contribution in [0.1, 0.15) is 0 Å². The second-order valence-corrected chi connectivity index (χ2v) is 3.61. The zero-order valence-electron chi connectivity index (χ0n) is 7.51. The number of hydrogen-bond acceptors (Lipinski definition) is 5. The highest BCUT2D eigenvalue weighted by Gasteiger charge is 2.02. The van der Waals surface area contributed by atoms with Crippen molar-refractivity contribution in [3.05, 3.63) is 18.6 Å². The molecule has 0 aliphatic carbocycles. The first-order chi connectivity index (χ1) is 6.33. The molecule has 0 saturated carbocycles. The van der Waals surface area contributed by atoms with E-state index in [0.717, 1.165) is 10.8 Å². The molecule has 0 amide bonds. The van der Waals surface area contributed by atoms with Gasteiger partial charge in [0.25, 0.3) is 0 Å². The van der Waals surface area contributed by atoms with Crippen LogP contribution in [0.25, 0.3) is 0 Å². The summed E-state index contributed by atoms with van der Waals surface area (Å²) >= 11 is 1.59. The highest BCUT2D eigenvalue weighted by molar-refractivity contribution is 7.99. The fourth-order valence-corrected chi connectivity index (χ4v) is 1.57. The zero-order chi connectivity index (χ0) is 9.52. The van der Waals surface area contributed by atoms with Crippen LogP contribution < -0.4 is 5.73 Å². The minimum Gasteiger partial charge on any atom is -0.383 e. The van der Waals surface area contributed by atoms with Gasteiger partial charge in [0, 0.05) is 31.3 Å². The minimum atomic E-state index is 0.0528. The maximum absolute atomic E-state index is 5.74. The lowest BCUT2D eigenvalue weighted by atomic mass is 10.4. The number of rotatable bonds is 5. The standard InChI is InChI=1S/C8H13N3OS/c1-12-5-7(9)6-13-8-4-10-2-3-11-8/h2-4,7H,5-6,9H2,1H3. The minimum absolute atomic E-state index is 0.0528. The van der Waals surface area contributed by atoms with E-state index in [9.17, 15) is 0 Å². The Morgan fingerprint density at radius 3 is 3.08 bits per heavy atom. The van der Waals surface area contributed by atoms with Gasteiger partial charge in [-0.15, -0.1) is 11.8 Å². The quantitative estimate of drug-likeness (QED) is 0.701. The van der Waals surface area contributed by atoms with Crippen LogP contribution in [0.3, 0.4) is 0 Å². The van der Waals surface area contributed by atoms with Gasteiger partial charge in [-0.05, 0) is 0 Å². The van der Waals surface area contributed by atoms with Crippen molar-refractivity contribution in [2.45, 2.75) is 11.1 Å². The predicted molar refractivity (Wildman–Crippen MR) is 52.6 cm³/mol. The van der Waals surface area contributed by atoms with Crippen LogP contribution >= 0.6 is 11.8 Å². The van der Waals surface area contributed by atoms with E-state index >= 15 is 0 Å². The smallest absolute Gasteiger partial charge is 0.114 e. The van der Waals surface area contributed by atoms with Gasteiger partial charge in [0.1, 0.15) is 5.03 Å². The Morgan fingerprint density at radius 1 is 1.62 bits per heavy atom. The molecule has 2 N–H and O–H groups in total. The van der Waals surface area contributed by atoms with Gasteiger partial charge in [-0.1, -0.05) is 0 Å². The Labute approximate surface area is 81.9 Å². The molecule has 0 bridgehead atoms. The normalized spacial score (nSPS) is 12.8. The molecule has 0 aliphatic heterocycles. The number of hydrogen-bond donors (Lipinski definition) is 1. The van der Waals surface area contributed by atoms with Crippen molar-refractivity contribution in [1.82, 2.24) is 9.97 Å². The second kappa shape index (κ2) is 5.90. The van der Waals surface area contributed by atoms with Crippen LogP contribution in [0.2, 0.25) is 0 Å². The molecular formula is C8H13N3OS. The maximum Gasteiger partial charge on any atom is 0.114 e. The lowest BCUT2D eigenvalue weighted by Gasteiger charge is -2.08. The van der Waals surface area contributed by atoms with Crippen molar-refractivity contribution in [2.24, 2.45) is 5.73 Å². The Balaban J connectivity index is 2.27. The maximum atomic E-state index is 5.74. The van der Waals surface area contributed by atoms with Crippen LogP contribution in [-0.4, -0.2) is 35.5 Å². The van der Waals surface area contributed by atoms with Gasteiger partial charge >= 0.3 is 0 Å². The Hall–Kier alpha value is -0.650. The fraction of sp³-hybridized carbons (Fsp3) is 0.500. The number of thioether (sulfide) groups is 1. The molecule has 0 radical (unpaired) electrons. The molecule has 0 fully saturated rings. The molecule has 1 rings (SSSR count). The number of aromatic nitrogens is 2. The first-order valence-corrected chi connectivity index (χ1v) is 4.95. The molecule has 0 aromatic carbocycles. The molecule has 1 aromatic heterocycles. The number of nitrogens with two attached hydrogens (primary N) is 1. The molecule has 72 valence electrons. The lowest BCUT2D eigenvalue weighted by molar-refractivity contribution is 0.186.